The highest BCUT2D eigenvalue weighted by atomic mass is 16.3. The first-order chi connectivity index (χ1) is 7.57. The third-order valence-electron chi connectivity index (χ3n) is 2.65. The van der Waals surface area contributed by atoms with Gasteiger partial charge < -0.3 is 10.0 Å². The molecular formula is C14H21NO. The van der Waals surface area contributed by atoms with E-state index in [0.717, 1.165) is 17.8 Å². The molecule has 0 aliphatic rings. The van der Waals surface area contributed by atoms with E-state index in [1.54, 1.807) is 6.92 Å². The summed E-state index contributed by atoms with van der Waals surface area (Å²) in [7, 11) is 0. The second kappa shape index (κ2) is 5.71. The average molecular weight is 219 g/mol. The lowest BCUT2D eigenvalue weighted by Crippen LogP contribution is -2.31. The SMILES string of the molecule is C=CCN(c1ccccc1[C@@H](C)O)C(C)C. The highest BCUT2D eigenvalue weighted by Crippen LogP contribution is 2.27. The molecule has 0 amide bonds. The molecule has 1 atom stereocenters. The van der Waals surface area contributed by atoms with E-state index < -0.39 is 6.10 Å². The molecule has 1 aromatic rings. The van der Waals surface area contributed by atoms with Gasteiger partial charge in [-0.25, -0.2) is 0 Å². The molecule has 0 radical (unpaired) electrons. The number of hydrogen-bond donors (Lipinski definition) is 1. The van der Waals surface area contributed by atoms with Crippen LogP contribution in [0, 0.1) is 0 Å². The lowest BCUT2D eigenvalue weighted by atomic mass is 10.1. The molecule has 0 aliphatic carbocycles. The third-order valence-corrected chi connectivity index (χ3v) is 2.65. The Morgan fingerprint density at radius 2 is 1.94 bits per heavy atom. The number of aliphatic hydroxyl groups is 1. The van der Waals surface area contributed by atoms with E-state index >= 15 is 0 Å². The van der Waals surface area contributed by atoms with Gasteiger partial charge in [0.1, 0.15) is 0 Å². The molecule has 0 bridgehead atoms. The molecule has 0 saturated heterocycles. The highest BCUT2D eigenvalue weighted by molar-refractivity contribution is 5.55. The summed E-state index contributed by atoms with van der Waals surface area (Å²) in [6.07, 6.45) is 1.45. The van der Waals surface area contributed by atoms with Crippen molar-refractivity contribution < 1.29 is 5.11 Å². The number of benzene rings is 1. The summed E-state index contributed by atoms with van der Waals surface area (Å²) in [5.41, 5.74) is 2.06. The van der Waals surface area contributed by atoms with E-state index in [1.807, 2.05) is 30.3 Å². The molecule has 0 fully saturated rings. The summed E-state index contributed by atoms with van der Waals surface area (Å²) >= 11 is 0. The third kappa shape index (κ3) is 2.86. The molecule has 0 saturated carbocycles. The number of anilines is 1. The van der Waals surface area contributed by atoms with Crippen molar-refractivity contribution in [2.75, 3.05) is 11.4 Å². The first kappa shape index (κ1) is 12.8. The minimum absolute atomic E-state index is 0.387. The van der Waals surface area contributed by atoms with Crippen molar-refractivity contribution in [3.8, 4) is 0 Å². The lowest BCUT2D eigenvalue weighted by molar-refractivity contribution is 0.199. The predicted molar refractivity (Wildman–Crippen MR) is 69.8 cm³/mol. The molecule has 1 rings (SSSR count). The molecule has 0 unspecified atom stereocenters. The van der Waals surface area contributed by atoms with Crippen LogP contribution in [0.2, 0.25) is 0 Å². The number of hydrogen-bond acceptors (Lipinski definition) is 2. The second-order valence-electron chi connectivity index (χ2n) is 4.27. The van der Waals surface area contributed by atoms with Gasteiger partial charge >= 0.3 is 0 Å². The Kier molecular flexibility index (Phi) is 4.56. The number of nitrogens with zero attached hydrogens (tertiary/aromatic N) is 1. The fourth-order valence-electron chi connectivity index (χ4n) is 1.83. The zero-order chi connectivity index (χ0) is 12.1. The molecule has 0 spiro atoms. The topological polar surface area (TPSA) is 23.5 Å². The van der Waals surface area contributed by atoms with Gasteiger partial charge in [0.15, 0.2) is 0 Å². The molecule has 16 heavy (non-hydrogen) atoms. The first-order valence-corrected chi connectivity index (χ1v) is 5.72. The molecule has 1 N–H and O–H groups in total. The summed E-state index contributed by atoms with van der Waals surface area (Å²) < 4.78 is 0. The molecule has 0 heterocycles. The molecule has 88 valence electrons. The molecular weight excluding hydrogens is 198 g/mol. The van der Waals surface area contributed by atoms with Crippen molar-refractivity contribution >= 4 is 5.69 Å². The van der Waals surface area contributed by atoms with Crippen LogP contribution in [0.5, 0.6) is 0 Å². The van der Waals surface area contributed by atoms with Gasteiger partial charge in [0.2, 0.25) is 0 Å². The van der Waals surface area contributed by atoms with Crippen LogP contribution in [-0.2, 0) is 0 Å². The highest BCUT2D eigenvalue weighted by Gasteiger charge is 2.14. The van der Waals surface area contributed by atoms with E-state index in [2.05, 4.69) is 25.3 Å². The van der Waals surface area contributed by atoms with E-state index in [9.17, 15) is 5.11 Å². The standard InChI is InChI=1S/C14H21NO/c1-5-10-15(11(2)3)14-9-7-6-8-13(14)12(4)16/h5-9,11-12,16H,1,10H2,2-4H3/t12-/m1/s1. The predicted octanol–water partition coefficient (Wildman–Crippen LogP) is 3.14. The Bertz CT molecular complexity index is 344. The Morgan fingerprint density at radius 3 is 2.44 bits per heavy atom. The van der Waals surface area contributed by atoms with Crippen molar-refractivity contribution in [1.29, 1.82) is 0 Å². The summed E-state index contributed by atoms with van der Waals surface area (Å²) in [6, 6.07) is 8.36. The van der Waals surface area contributed by atoms with Crippen molar-refractivity contribution in [2.24, 2.45) is 0 Å². The van der Waals surface area contributed by atoms with Gasteiger partial charge in [-0.1, -0.05) is 24.3 Å². The Morgan fingerprint density at radius 1 is 1.31 bits per heavy atom. The Hall–Kier alpha value is -1.28. The fourth-order valence-corrected chi connectivity index (χ4v) is 1.83. The molecule has 0 aliphatic heterocycles. The van der Waals surface area contributed by atoms with Gasteiger partial charge in [0.05, 0.1) is 6.10 Å². The van der Waals surface area contributed by atoms with Crippen molar-refractivity contribution in [2.45, 2.75) is 32.9 Å². The quantitative estimate of drug-likeness (QED) is 0.769. The van der Waals surface area contributed by atoms with E-state index in [-0.39, 0.29) is 0 Å². The van der Waals surface area contributed by atoms with Crippen LogP contribution in [0.3, 0.4) is 0 Å². The van der Waals surface area contributed by atoms with Crippen molar-refractivity contribution in [3.63, 3.8) is 0 Å². The molecule has 2 nitrogen and oxygen atoms in total. The van der Waals surface area contributed by atoms with E-state index in [4.69, 9.17) is 0 Å². The van der Waals surface area contributed by atoms with Gasteiger partial charge in [-0.2, -0.15) is 0 Å². The Balaban J connectivity index is 3.12. The van der Waals surface area contributed by atoms with E-state index in [1.165, 1.54) is 0 Å². The maximum atomic E-state index is 9.75. The van der Waals surface area contributed by atoms with Crippen molar-refractivity contribution in [1.82, 2.24) is 0 Å². The molecule has 1 aromatic carbocycles. The van der Waals surface area contributed by atoms with Crippen LogP contribution >= 0.6 is 0 Å². The summed E-state index contributed by atoms with van der Waals surface area (Å²) in [5.74, 6) is 0. The minimum Gasteiger partial charge on any atom is -0.389 e. The van der Waals surface area contributed by atoms with Gasteiger partial charge in [0, 0.05) is 23.8 Å². The summed E-state index contributed by atoms with van der Waals surface area (Å²) in [4.78, 5) is 2.23. The Labute approximate surface area is 98.2 Å². The maximum absolute atomic E-state index is 9.75. The number of para-hydroxylation sites is 1. The van der Waals surface area contributed by atoms with Crippen LogP contribution in [0.4, 0.5) is 5.69 Å². The van der Waals surface area contributed by atoms with E-state index in [0.29, 0.717) is 6.04 Å². The normalized spacial score (nSPS) is 12.6. The van der Waals surface area contributed by atoms with Gasteiger partial charge in [-0.3, -0.25) is 0 Å². The van der Waals surface area contributed by atoms with Crippen molar-refractivity contribution in [3.05, 3.63) is 42.5 Å². The summed E-state index contributed by atoms with van der Waals surface area (Å²) in [6.45, 7) is 10.7. The second-order valence-corrected chi connectivity index (χ2v) is 4.27. The van der Waals surface area contributed by atoms with Crippen LogP contribution in [0.1, 0.15) is 32.4 Å². The maximum Gasteiger partial charge on any atom is 0.0781 e. The monoisotopic (exact) mass is 219 g/mol. The van der Waals surface area contributed by atoms with Gasteiger partial charge in [-0.05, 0) is 26.8 Å². The molecule has 0 aromatic heterocycles. The number of rotatable bonds is 5. The average Bonchev–Trinajstić information content (AvgIpc) is 2.25. The molecule has 2 heteroatoms. The fraction of sp³-hybridized carbons (Fsp3) is 0.429. The lowest BCUT2D eigenvalue weighted by Gasteiger charge is -2.30. The minimum atomic E-state index is -0.442. The summed E-state index contributed by atoms with van der Waals surface area (Å²) in [5, 5.41) is 9.75. The van der Waals surface area contributed by atoms with Crippen LogP contribution in [0.15, 0.2) is 36.9 Å². The first-order valence-electron chi connectivity index (χ1n) is 5.72. The smallest absolute Gasteiger partial charge is 0.0781 e. The van der Waals surface area contributed by atoms with Crippen LogP contribution < -0.4 is 4.90 Å². The zero-order valence-corrected chi connectivity index (χ0v) is 10.4. The van der Waals surface area contributed by atoms with Gasteiger partial charge in [-0.15, -0.1) is 6.58 Å². The van der Waals surface area contributed by atoms with Gasteiger partial charge in [0.25, 0.3) is 0 Å². The van der Waals surface area contributed by atoms with Crippen LogP contribution in [0.25, 0.3) is 0 Å². The van der Waals surface area contributed by atoms with Crippen LogP contribution in [-0.4, -0.2) is 17.7 Å². The number of aliphatic hydroxyl groups excluding tert-OH is 1. The zero-order valence-electron chi connectivity index (χ0n) is 10.4. The largest absolute Gasteiger partial charge is 0.389 e.